The van der Waals surface area contributed by atoms with Gasteiger partial charge in [-0.05, 0) is 28.1 Å². The Morgan fingerprint density at radius 1 is 1.29 bits per heavy atom. The molecule has 182 valence electrons. The molecule has 1 amide bonds. The fraction of sp³-hybridized carbons (Fsp3) is 0.333. The molecular formula is C21H19BrF2N8O3. The zero-order chi connectivity index (χ0) is 24.5. The van der Waals surface area contributed by atoms with Crippen LogP contribution in [0.25, 0.3) is 17.0 Å². The highest BCUT2D eigenvalue weighted by Gasteiger charge is 2.33. The number of benzene rings is 1. The molecule has 0 aliphatic carbocycles. The summed E-state index contributed by atoms with van der Waals surface area (Å²) < 4.78 is 40.2. The average Bonchev–Trinajstić information content (AvgIpc) is 3.46. The maximum absolute atomic E-state index is 13.8. The summed E-state index contributed by atoms with van der Waals surface area (Å²) in [6.45, 7) is 2.52. The van der Waals surface area contributed by atoms with Gasteiger partial charge < -0.3 is 19.4 Å². The van der Waals surface area contributed by atoms with Crippen LogP contribution in [0.5, 0.6) is 0 Å². The minimum atomic E-state index is -2.84. The summed E-state index contributed by atoms with van der Waals surface area (Å²) in [6.07, 6.45) is -1.37. The molecule has 11 nitrogen and oxygen atoms in total. The molecule has 4 aromatic rings. The third-order valence-electron chi connectivity index (χ3n) is 5.38. The van der Waals surface area contributed by atoms with Gasteiger partial charge in [0, 0.05) is 19.7 Å². The number of hydrogen-bond donors (Lipinski definition) is 1. The van der Waals surface area contributed by atoms with E-state index in [1.54, 1.807) is 36.1 Å². The molecule has 1 aliphatic heterocycles. The molecular weight excluding hydrogens is 530 g/mol. The number of aryl methyl sites for hydroxylation is 1. The minimum Gasteiger partial charge on any atom is -0.424 e. The summed E-state index contributed by atoms with van der Waals surface area (Å²) in [4.78, 5) is 27.6. The first-order valence-corrected chi connectivity index (χ1v) is 11.4. The lowest BCUT2D eigenvalue weighted by Gasteiger charge is -2.35. The van der Waals surface area contributed by atoms with Gasteiger partial charge in [-0.1, -0.05) is 12.1 Å². The van der Waals surface area contributed by atoms with E-state index in [9.17, 15) is 13.6 Å². The Labute approximate surface area is 205 Å². The van der Waals surface area contributed by atoms with E-state index in [1.807, 2.05) is 0 Å². The summed E-state index contributed by atoms with van der Waals surface area (Å²) in [6, 6.07) is 6.02. The van der Waals surface area contributed by atoms with E-state index in [2.05, 4.69) is 46.4 Å². The van der Waals surface area contributed by atoms with Crippen LogP contribution in [0.4, 0.5) is 14.6 Å². The Morgan fingerprint density at radius 2 is 2.11 bits per heavy atom. The molecule has 14 heteroatoms. The van der Waals surface area contributed by atoms with Crippen molar-refractivity contribution in [3.8, 4) is 5.95 Å². The molecule has 35 heavy (non-hydrogen) atoms. The van der Waals surface area contributed by atoms with Crippen molar-refractivity contribution in [1.29, 1.82) is 0 Å². The molecule has 1 atom stereocenters. The van der Waals surface area contributed by atoms with Gasteiger partial charge in [0.2, 0.25) is 23.6 Å². The van der Waals surface area contributed by atoms with Crippen LogP contribution >= 0.6 is 15.9 Å². The highest BCUT2D eigenvalue weighted by molar-refractivity contribution is 9.10. The zero-order valence-electron chi connectivity index (χ0n) is 18.4. The number of alkyl halides is 2. The van der Waals surface area contributed by atoms with Crippen molar-refractivity contribution in [2.75, 3.05) is 24.7 Å². The Hall–Kier alpha value is -3.52. The van der Waals surface area contributed by atoms with Crippen LogP contribution in [-0.2, 0) is 16.1 Å². The van der Waals surface area contributed by atoms with Gasteiger partial charge >= 0.3 is 0 Å². The number of nitrogens with zero attached hydrogens (tertiary/aromatic N) is 7. The maximum Gasteiger partial charge on any atom is 0.296 e. The summed E-state index contributed by atoms with van der Waals surface area (Å²) in [5.74, 6) is 0.240. The van der Waals surface area contributed by atoms with Crippen molar-refractivity contribution in [3.63, 3.8) is 0 Å². The molecule has 4 heterocycles. The quantitative estimate of drug-likeness (QED) is 0.387. The van der Waals surface area contributed by atoms with Crippen molar-refractivity contribution < 1.29 is 22.7 Å². The third kappa shape index (κ3) is 4.58. The van der Waals surface area contributed by atoms with Gasteiger partial charge in [-0.15, -0.1) is 10.2 Å². The predicted octanol–water partition coefficient (Wildman–Crippen LogP) is 2.73. The molecule has 5 rings (SSSR count). The van der Waals surface area contributed by atoms with Crippen LogP contribution < -0.4 is 10.2 Å². The van der Waals surface area contributed by atoms with Gasteiger partial charge in [0.05, 0.1) is 35.3 Å². The van der Waals surface area contributed by atoms with Crippen LogP contribution in [-0.4, -0.2) is 61.4 Å². The van der Waals surface area contributed by atoms with E-state index in [1.165, 1.54) is 10.8 Å². The molecule has 0 radical (unpaired) electrons. The molecule has 1 N–H and O–H groups in total. The lowest BCUT2D eigenvalue weighted by Crippen LogP contribution is -2.54. The number of aromatic nitrogens is 6. The number of ether oxygens (including phenoxy) is 1. The number of carbonyl (C=O) groups excluding carboxylic acids is 1. The number of fused-ring (bicyclic) bond motifs is 1. The Balaban J connectivity index is 1.48. The van der Waals surface area contributed by atoms with Crippen molar-refractivity contribution in [1.82, 2.24) is 35.0 Å². The lowest BCUT2D eigenvalue weighted by atomic mass is 10.2. The first kappa shape index (κ1) is 23.2. The fourth-order valence-electron chi connectivity index (χ4n) is 3.82. The first-order valence-electron chi connectivity index (χ1n) is 10.6. The van der Waals surface area contributed by atoms with Crippen molar-refractivity contribution >= 4 is 38.7 Å². The SMILES string of the molecule is Cc1nnc(CNC(=O)C2COCCN2c2nc(-n3c(C(F)F)nc4ccccc43)ncc2Br)o1. The van der Waals surface area contributed by atoms with Gasteiger partial charge in [-0.2, -0.15) is 4.98 Å². The fourth-order valence-corrected chi connectivity index (χ4v) is 4.24. The minimum absolute atomic E-state index is 0.0131. The second-order valence-corrected chi connectivity index (χ2v) is 8.51. The number of imidazole rings is 1. The summed E-state index contributed by atoms with van der Waals surface area (Å²) in [7, 11) is 0. The van der Waals surface area contributed by atoms with Gasteiger partial charge in [0.1, 0.15) is 11.9 Å². The standard InChI is InChI=1S/C21H19BrF2N8O3/c1-11-29-30-16(35-11)9-25-20(33)15-10-34-7-6-31(15)18-12(22)8-26-21(28-18)32-14-5-3-2-4-13(14)27-19(32)17(23)24/h2-5,8,15,17H,6-7,9-10H2,1H3,(H,25,33). The number of rotatable bonds is 6. The normalized spacial score (nSPS) is 16.3. The molecule has 1 saturated heterocycles. The van der Waals surface area contributed by atoms with E-state index in [0.29, 0.717) is 40.4 Å². The van der Waals surface area contributed by atoms with E-state index in [-0.39, 0.29) is 30.9 Å². The van der Waals surface area contributed by atoms with Crippen LogP contribution in [0.1, 0.15) is 24.0 Å². The molecule has 3 aromatic heterocycles. The lowest BCUT2D eigenvalue weighted by molar-refractivity contribution is -0.125. The number of amides is 1. The molecule has 0 saturated carbocycles. The largest absolute Gasteiger partial charge is 0.424 e. The monoisotopic (exact) mass is 548 g/mol. The van der Waals surface area contributed by atoms with Gasteiger partial charge in [-0.25, -0.2) is 18.7 Å². The van der Waals surface area contributed by atoms with Crippen molar-refractivity contribution in [2.45, 2.75) is 25.9 Å². The van der Waals surface area contributed by atoms with Crippen LogP contribution in [0, 0.1) is 6.92 Å². The van der Waals surface area contributed by atoms with Crippen LogP contribution in [0.2, 0.25) is 0 Å². The topological polar surface area (TPSA) is 124 Å². The number of anilines is 1. The highest BCUT2D eigenvalue weighted by atomic mass is 79.9. The summed E-state index contributed by atoms with van der Waals surface area (Å²) in [5.41, 5.74) is 0.845. The predicted molar refractivity (Wildman–Crippen MR) is 122 cm³/mol. The Kier molecular flexibility index (Phi) is 6.38. The van der Waals surface area contributed by atoms with Gasteiger partial charge in [0.25, 0.3) is 6.43 Å². The second-order valence-electron chi connectivity index (χ2n) is 7.65. The highest BCUT2D eigenvalue weighted by Crippen LogP contribution is 2.31. The molecule has 1 aliphatic rings. The number of morpholine rings is 1. The second kappa shape index (κ2) is 9.62. The molecule has 1 aromatic carbocycles. The maximum atomic E-state index is 13.8. The van der Waals surface area contributed by atoms with Crippen LogP contribution in [0.3, 0.4) is 0 Å². The van der Waals surface area contributed by atoms with E-state index >= 15 is 0 Å². The number of hydrogen-bond acceptors (Lipinski definition) is 9. The summed E-state index contributed by atoms with van der Waals surface area (Å²) >= 11 is 3.44. The smallest absolute Gasteiger partial charge is 0.296 e. The number of halogens is 3. The average molecular weight is 549 g/mol. The first-order chi connectivity index (χ1) is 16.9. The Morgan fingerprint density at radius 3 is 2.89 bits per heavy atom. The molecule has 0 spiro atoms. The van der Waals surface area contributed by atoms with Gasteiger partial charge in [-0.3, -0.25) is 9.36 Å². The third-order valence-corrected chi connectivity index (χ3v) is 5.94. The van der Waals surface area contributed by atoms with E-state index in [4.69, 9.17) is 9.15 Å². The number of para-hydroxylation sites is 2. The molecule has 1 unspecified atom stereocenters. The van der Waals surface area contributed by atoms with Crippen molar-refractivity contribution in [2.24, 2.45) is 0 Å². The molecule has 0 bridgehead atoms. The van der Waals surface area contributed by atoms with Crippen LogP contribution in [0.15, 0.2) is 39.4 Å². The number of carbonyl (C=O) groups is 1. The molecule has 1 fully saturated rings. The number of nitrogens with one attached hydrogen (secondary N) is 1. The van der Waals surface area contributed by atoms with Crippen molar-refractivity contribution in [3.05, 3.63) is 52.5 Å². The van der Waals surface area contributed by atoms with E-state index < -0.39 is 18.3 Å². The zero-order valence-corrected chi connectivity index (χ0v) is 19.9. The summed E-state index contributed by atoms with van der Waals surface area (Å²) in [5, 5.41) is 10.4. The van der Waals surface area contributed by atoms with E-state index in [0.717, 1.165) is 0 Å². The van der Waals surface area contributed by atoms with Gasteiger partial charge in [0.15, 0.2) is 5.82 Å². The Bertz CT molecular complexity index is 1380.